The zero-order chi connectivity index (χ0) is 44.9. The van der Waals surface area contributed by atoms with Crippen molar-refractivity contribution in [3.05, 3.63) is 122 Å². The SMILES string of the molecule is CC/C=C\C/C=C\C/C=C\C/C=C\C/C=C\C/C=C\C/C=C\CCCC(=O)NC(CO)C(O)/C=C/CC/C=C/CC/C=C/CCCCCCCCCCCCCCCCCCC. The van der Waals surface area contributed by atoms with Gasteiger partial charge in [-0.2, -0.15) is 0 Å². The fraction of sp³-hybridized carbons (Fsp3) is 0.638. The van der Waals surface area contributed by atoms with E-state index in [2.05, 4.69) is 129 Å². The van der Waals surface area contributed by atoms with Gasteiger partial charge in [-0.15, -0.1) is 0 Å². The first-order valence-corrected chi connectivity index (χ1v) is 25.7. The van der Waals surface area contributed by atoms with Crippen molar-refractivity contribution in [1.29, 1.82) is 0 Å². The predicted octanol–water partition coefficient (Wildman–Crippen LogP) is 16.9. The molecule has 0 aliphatic rings. The van der Waals surface area contributed by atoms with Gasteiger partial charge in [0.15, 0.2) is 0 Å². The topological polar surface area (TPSA) is 69.6 Å². The number of hydrogen-bond acceptors (Lipinski definition) is 3. The lowest BCUT2D eigenvalue weighted by Crippen LogP contribution is -2.45. The monoisotopic (exact) mass is 856 g/mol. The Balaban J connectivity index is 3.74. The fourth-order valence-corrected chi connectivity index (χ4v) is 7.02. The maximum atomic E-state index is 12.4. The number of unbranched alkanes of at least 4 members (excludes halogenated alkanes) is 20. The summed E-state index contributed by atoms with van der Waals surface area (Å²) in [5, 5.41) is 23.0. The first-order valence-electron chi connectivity index (χ1n) is 25.7. The van der Waals surface area contributed by atoms with E-state index in [9.17, 15) is 15.0 Å². The highest BCUT2D eigenvalue weighted by Gasteiger charge is 2.17. The van der Waals surface area contributed by atoms with Crippen molar-refractivity contribution in [3.63, 3.8) is 0 Å². The molecule has 0 heterocycles. The molecule has 3 N–H and O–H groups in total. The van der Waals surface area contributed by atoms with Gasteiger partial charge in [-0.25, -0.2) is 0 Å². The third-order valence-corrected chi connectivity index (χ3v) is 10.9. The molecule has 0 spiro atoms. The van der Waals surface area contributed by atoms with Crippen molar-refractivity contribution in [3.8, 4) is 0 Å². The lowest BCUT2D eigenvalue weighted by molar-refractivity contribution is -0.122. The van der Waals surface area contributed by atoms with E-state index in [4.69, 9.17) is 0 Å². The standard InChI is InChI=1S/C58H97NO3/c1-3-5-7-9-11-13-15-17-19-21-23-25-27-28-29-30-32-33-35-37-39-41-43-45-47-49-51-53-57(61)56(55-60)59-58(62)54-52-50-48-46-44-42-40-38-36-34-31-26-24-22-20-18-16-14-12-10-8-6-4-2/h6,8,12,14,18,20,24,26,34-37,40,42-43,45-46,48,51,53,56-57,60-61H,3-5,7,9-11,13,15-17,19,21-23,25,27-33,38-39,41,44,47,49-50,52,54-55H2,1-2H3,(H,59,62)/b8-6-,14-12-,20-18-,26-24-,36-34-,37-35+,42-40-,45-43+,48-46-,53-51+. The summed E-state index contributed by atoms with van der Waals surface area (Å²) in [6, 6.07) is -0.686. The Kier molecular flexibility index (Phi) is 49.4. The molecule has 0 rings (SSSR count). The largest absolute Gasteiger partial charge is 0.394 e. The van der Waals surface area contributed by atoms with Gasteiger partial charge in [-0.05, 0) is 96.3 Å². The first-order chi connectivity index (χ1) is 30.7. The average Bonchev–Trinajstić information content (AvgIpc) is 3.28. The smallest absolute Gasteiger partial charge is 0.220 e. The minimum Gasteiger partial charge on any atom is -0.394 e. The van der Waals surface area contributed by atoms with Crippen LogP contribution < -0.4 is 5.32 Å². The van der Waals surface area contributed by atoms with Crippen molar-refractivity contribution in [2.24, 2.45) is 0 Å². The summed E-state index contributed by atoms with van der Waals surface area (Å²) in [5.41, 5.74) is 0. The molecular weight excluding hydrogens is 759 g/mol. The summed E-state index contributed by atoms with van der Waals surface area (Å²) in [6.45, 7) is 4.15. The number of amides is 1. The van der Waals surface area contributed by atoms with Gasteiger partial charge in [0.25, 0.3) is 0 Å². The van der Waals surface area contributed by atoms with Gasteiger partial charge >= 0.3 is 0 Å². The summed E-state index contributed by atoms with van der Waals surface area (Å²) in [7, 11) is 0. The number of aliphatic hydroxyl groups is 2. The van der Waals surface area contributed by atoms with Crippen LogP contribution in [0.4, 0.5) is 0 Å². The highest BCUT2D eigenvalue weighted by molar-refractivity contribution is 5.76. The van der Waals surface area contributed by atoms with Gasteiger partial charge in [0.05, 0.1) is 18.8 Å². The van der Waals surface area contributed by atoms with Crippen molar-refractivity contribution in [1.82, 2.24) is 5.32 Å². The Morgan fingerprint density at radius 3 is 1.13 bits per heavy atom. The van der Waals surface area contributed by atoms with Crippen LogP contribution in [-0.2, 0) is 4.79 Å². The van der Waals surface area contributed by atoms with E-state index in [0.29, 0.717) is 6.42 Å². The van der Waals surface area contributed by atoms with Crippen LogP contribution in [0.15, 0.2) is 122 Å². The minimum atomic E-state index is -0.904. The van der Waals surface area contributed by atoms with Gasteiger partial charge < -0.3 is 15.5 Å². The Morgan fingerprint density at radius 1 is 0.403 bits per heavy atom. The lowest BCUT2D eigenvalue weighted by Gasteiger charge is -2.19. The van der Waals surface area contributed by atoms with Crippen LogP contribution in [0.5, 0.6) is 0 Å². The molecule has 1 amide bonds. The Hall–Kier alpha value is -3.21. The molecule has 0 aliphatic carbocycles. The van der Waals surface area contributed by atoms with E-state index in [1.807, 2.05) is 6.08 Å². The average molecular weight is 856 g/mol. The number of nitrogens with one attached hydrogen (secondary N) is 1. The molecule has 352 valence electrons. The predicted molar refractivity (Wildman–Crippen MR) is 276 cm³/mol. The Bertz CT molecular complexity index is 1240. The second kappa shape index (κ2) is 52.1. The third kappa shape index (κ3) is 47.8. The van der Waals surface area contributed by atoms with Crippen molar-refractivity contribution in [2.75, 3.05) is 6.61 Å². The maximum Gasteiger partial charge on any atom is 0.220 e. The van der Waals surface area contributed by atoms with E-state index in [1.165, 1.54) is 116 Å². The second-order valence-corrected chi connectivity index (χ2v) is 16.8. The van der Waals surface area contributed by atoms with Crippen LogP contribution in [-0.4, -0.2) is 34.9 Å². The molecule has 62 heavy (non-hydrogen) atoms. The first kappa shape index (κ1) is 58.8. The molecular formula is C58H97NO3. The van der Waals surface area contributed by atoms with E-state index in [-0.39, 0.29) is 12.5 Å². The van der Waals surface area contributed by atoms with E-state index in [0.717, 1.165) is 83.5 Å². The molecule has 0 fully saturated rings. The number of aliphatic hydroxyl groups excluding tert-OH is 2. The second-order valence-electron chi connectivity index (χ2n) is 16.8. The van der Waals surface area contributed by atoms with Gasteiger partial charge in [0.2, 0.25) is 5.91 Å². The molecule has 0 radical (unpaired) electrons. The van der Waals surface area contributed by atoms with Gasteiger partial charge in [0.1, 0.15) is 0 Å². The van der Waals surface area contributed by atoms with Crippen LogP contribution in [0, 0.1) is 0 Å². The van der Waals surface area contributed by atoms with Crippen molar-refractivity contribution >= 4 is 5.91 Å². The molecule has 0 bridgehead atoms. The number of hydrogen-bond donors (Lipinski definition) is 3. The molecule has 2 unspecified atom stereocenters. The summed E-state index contributed by atoms with van der Waals surface area (Å²) >= 11 is 0. The highest BCUT2D eigenvalue weighted by atomic mass is 16.3. The fourth-order valence-electron chi connectivity index (χ4n) is 7.02. The zero-order valence-electron chi connectivity index (χ0n) is 40.3. The molecule has 0 aromatic rings. The molecule has 0 aromatic heterocycles. The molecule has 0 aromatic carbocycles. The quantitative estimate of drug-likeness (QED) is 0.0422. The van der Waals surface area contributed by atoms with Crippen LogP contribution in [0.25, 0.3) is 0 Å². The summed E-state index contributed by atoms with van der Waals surface area (Å²) in [6.07, 6.45) is 80.6. The number of rotatable bonds is 45. The van der Waals surface area contributed by atoms with Crippen LogP contribution >= 0.6 is 0 Å². The maximum absolute atomic E-state index is 12.4. The molecule has 4 nitrogen and oxygen atoms in total. The molecule has 4 heteroatoms. The summed E-state index contributed by atoms with van der Waals surface area (Å²) in [5.74, 6) is -0.140. The Morgan fingerprint density at radius 2 is 0.726 bits per heavy atom. The lowest BCUT2D eigenvalue weighted by atomic mass is 10.0. The van der Waals surface area contributed by atoms with E-state index in [1.54, 1.807) is 6.08 Å². The summed E-state index contributed by atoms with van der Waals surface area (Å²) in [4.78, 5) is 12.4. The normalized spacial score (nSPS) is 13.9. The molecule has 2 atom stereocenters. The van der Waals surface area contributed by atoms with Gasteiger partial charge in [0, 0.05) is 6.42 Å². The number of carbonyl (C=O) groups excluding carboxylic acids is 1. The number of carbonyl (C=O) groups is 1. The minimum absolute atomic E-state index is 0.140. The third-order valence-electron chi connectivity index (χ3n) is 10.9. The number of allylic oxidation sites excluding steroid dienone is 19. The zero-order valence-corrected chi connectivity index (χ0v) is 40.3. The highest BCUT2D eigenvalue weighted by Crippen LogP contribution is 2.15. The van der Waals surface area contributed by atoms with Crippen LogP contribution in [0.2, 0.25) is 0 Å². The van der Waals surface area contributed by atoms with Crippen molar-refractivity contribution in [2.45, 2.75) is 231 Å². The van der Waals surface area contributed by atoms with Crippen molar-refractivity contribution < 1.29 is 15.0 Å². The van der Waals surface area contributed by atoms with Gasteiger partial charge in [-0.3, -0.25) is 4.79 Å². The van der Waals surface area contributed by atoms with Gasteiger partial charge in [-0.1, -0.05) is 238 Å². The molecule has 0 aliphatic heterocycles. The van der Waals surface area contributed by atoms with Crippen LogP contribution in [0.3, 0.4) is 0 Å². The Labute approximate surface area is 384 Å². The van der Waals surface area contributed by atoms with E-state index < -0.39 is 12.1 Å². The van der Waals surface area contributed by atoms with E-state index >= 15 is 0 Å². The van der Waals surface area contributed by atoms with Crippen LogP contribution in [0.1, 0.15) is 219 Å². The molecule has 0 saturated heterocycles. The molecule has 0 saturated carbocycles. The summed E-state index contributed by atoms with van der Waals surface area (Å²) < 4.78 is 0.